The van der Waals surface area contributed by atoms with Gasteiger partial charge in [0.2, 0.25) is 0 Å². The van der Waals surface area contributed by atoms with E-state index in [0.717, 1.165) is 20.9 Å². The summed E-state index contributed by atoms with van der Waals surface area (Å²) in [5.41, 5.74) is 7.63. The predicted molar refractivity (Wildman–Crippen MR) is 86.1 cm³/mol. The van der Waals surface area contributed by atoms with E-state index in [2.05, 4.69) is 32.5 Å². The first-order valence-electron chi connectivity index (χ1n) is 6.42. The van der Waals surface area contributed by atoms with E-state index in [0.29, 0.717) is 6.54 Å². The number of nitrogens with two attached hydrogens (primary N) is 1. The Morgan fingerprint density at radius 2 is 2.24 bits per heavy atom. The number of benzene rings is 1. The highest BCUT2D eigenvalue weighted by Crippen LogP contribution is 2.34. The zero-order chi connectivity index (χ0) is 15.0. The van der Waals surface area contributed by atoms with Gasteiger partial charge in [-0.15, -0.1) is 6.58 Å². The molecule has 5 nitrogen and oxygen atoms in total. The molecule has 2 amide bonds. The van der Waals surface area contributed by atoms with Gasteiger partial charge >= 0.3 is 6.03 Å². The van der Waals surface area contributed by atoms with E-state index >= 15 is 0 Å². The second-order valence-corrected chi connectivity index (χ2v) is 5.55. The van der Waals surface area contributed by atoms with Crippen molar-refractivity contribution in [3.63, 3.8) is 0 Å². The molecular formula is C15H13BrN4O. The van der Waals surface area contributed by atoms with E-state index in [1.165, 1.54) is 0 Å². The number of rotatable bonds is 3. The molecule has 0 fully saturated rings. The van der Waals surface area contributed by atoms with Crippen LogP contribution in [-0.2, 0) is 0 Å². The maximum atomic E-state index is 11.9. The summed E-state index contributed by atoms with van der Waals surface area (Å²) < 4.78 is 0.949. The largest absolute Gasteiger partial charge is 0.385 e. The molecule has 2 N–H and O–H groups in total. The smallest absolute Gasteiger partial charge is 0.346 e. The van der Waals surface area contributed by atoms with Crippen molar-refractivity contribution < 1.29 is 4.79 Å². The number of pyridine rings is 1. The maximum absolute atomic E-state index is 11.9. The number of urea groups is 1. The molecule has 3 rings (SSSR count). The van der Waals surface area contributed by atoms with Crippen LogP contribution in [0.1, 0.15) is 11.6 Å². The lowest BCUT2D eigenvalue weighted by atomic mass is 10.0. The minimum atomic E-state index is -0.402. The number of fused-ring (bicyclic) bond motifs is 1. The van der Waals surface area contributed by atoms with E-state index < -0.39 is 6.04 Å². The Morgan fingerprint density at radius 3 is 3.00 bits per heavy atom. The summed E-state index contributed by atoms with van der Waals surface area (Å²) in [6, 6.07) is 6.95. The van der Waals surface area contributed by atoms with E-state index in [-0.39, 0.29) is 11.9 Å². The van der Waals surface area contributed by atoms with Gasteiger partial charge in [0.25, 0.3) is 0 Å². The average Bonchev–Trinajstić information content (AvgIpc) is 2.75. The Kier molecular flexibility index (Phi) is 3.47. The summed E-state index contributed by atoms with van der Waals surface area (Å²) in [6.45, 7) is 4.07. The Morgan fingerprint density at radius 1 is 1.43 bits per heavy atom. The zero-order valence-corrected chi connectivity index (χ0v) is 12.7. The van der Waals surface area contributed by atoms with Crippen molar-refractivity contribution in [1.29, 1.82) is 0 Å². The molecule has 0 saturated heterocycles. The third-order valence-electron chi connectivity index (χ3n) is 3.43. The molecule has 1 unspecified atom stereocenters. The second kappa shape index (κ2) is 5.29. The van der Waals surface area contributed by atoms with Crippen molar-refractivity contribution in [3.05, 3.63) is 53.2 Å². The lowest BCUT2D eigenvalue weighted by Gasteiger charge is -2.24. The third-order valence-corrected chi connectivity index (χ3v) is 4.12. The van der Waals surface area contributed by atoms with Crippen LogP contribution in [0.15, 0.2) is 52.6 Å². The van der Waals surface area contributed by atoms with Crippen molar-refractivity contribution in [2.45, 2.75) is 6.04 Å². The van der Waals surface area contributed by atoms with Gasteiger partial charge in [-0.3, -0.25) is 4.98 Å². The van der Waals surface area contributed by atoms with Gasteiger partial charge in [0.15, 0.2) is 0 Å². The molecule has 1 aromatic carbocycles. The highest BCUT2D eigenvalue weighted by Gasteiger charge is 2.35. The SMILES string of the molecule is C=CCN1C(=O)N=C(N)C1c1ccc(Br)c2cccnc12. The molecule has 1 aliphatic heterocycles. The summed E-state index contributed by atoms with van der Waals surface area (Å²) >= 11 is 3.51. The molecule has 106 valence electrons. The molecule has 1 aromatic heterocycles. The van der Waals surface area contributed by atoms with Gasteiger partial charge in [0, 0.05) is 28.2 Å². The average molecular weight is 345 g/mol. The quantitative estimate of drug-likeness (QED) is 0.870. The Bertz CT molecular complexity index is 771. The fourth-order valence-corrected chi connectivity index (χ4v) is 2.99. The maximum Gasteiger partial charge on any atom is 0.346 e. The number of hydrogen-bond acceptors (Lipinski definition) is 3. The van der Waals surface area contributed by atoms with E-state index in [1.54, 1.807) is 17.2 Å². The van der Waals surface area contributed by atoms with Crippen molar-refractivity contribution >= 4 is 38.7 Å². The second-order valence-electron chi connectivity index (χ2n) is 4.70. The van der Waals surface area contributed by atoms with Gasteiger partial charge in [-0.05, 0) is 12.1 Å². The normalized spacial score (nSPS) is 18.1. The number of aliphatic imine (C=N–C) groups is 1. The number of nitrogens with zero attached hydrogens (tertiary/aromatic N) is 3. The summed E-state index contributed by atoms with van der Waals surface area (Å²) in [6.07, 6.45) is 3.38. The number of aromatic nitrogens is 1. The molecule has 2 heterocycles. The lowest BCUT2D eigenvalue weighted by Crippen LogP contribution is -2.33. The summed E-state index contributed by atoms with van der Waals surface area (Å²) in [4.78, 5) is 21.8. The van der Waals surface area contributed by atoms with Crippen LogP contribution in [0.4, 0.5) is 4.79 Å². The molecule has 1 atom stereocenters. The number of carbonyl (C=O) groups excluding carboxylic acids is 1. The van der Waals surface area contributed by atoms with Crippen LogP contribution in [0.2, 0.25) is 0 Å². The molecule has 0 radical (unpaired) electrons. The molecule has 0 spiro atoms. The van der Waals surface area contributed by atoms with Gasteiger partial charge in [-0.2, -0.15) is 4.99 Å². The van der Waals surface area contributed by atoms with Crippen LogP contribution in [0.25, 0.3) is 10.9 Å². The first-order chi connectivity index (χ1) is 10.1. The fraction of sp³-hybridized carbons (Fsp3) is 0.133. The van der Waals surface area contributed by atoms with Gasteiger partial charge in [-0.25, -0.2) is 4.79 Å². The van der Waals surface area contributed by atoms with Crippen LogP contribution in [-0.4, -0.2) is 28.3 Å². The third kappa shape index (κ3) is 2.21. The molecule has 21 heavy (non-hydrogen) atoms. The number of amides is 2. The predicted octanol–water partition coefficient (Wildman–Crippen LogP) is 3.02. The topological polar surface area (TPSA) is 71.6 Å². The summed E-state index contributed by atoms with van der Waals surface area (Å²) in [5, 5.41) is 0.973. The summed E-state index contributed by atoms with van der Waals surface area (Å²) in [7, 11) is 0. The van der Waals surface area contributed by atoms with Crippen LogP contribution < -0.4 is 5.73 Å². The standard InChI is InChI=1S/C15H13BrN4O/c1-2-8-20-13(14(17)19-15(20)21)10-5-6-11(16)9-4-3-7-18-12(9)10/h2-7,13H,1,8H2,(H2,17,19,21). The van der Waals surface area contributed by atoms with E-state index in [1.807, 2.05) is 24.3 Å². The van der Waals surface area contributed by atoms with Gasteiger partial charge in [-0.1, -0.05) is 34.1 Å². The Labute approximate surface area is 130 Å². The molecule has 6 heteroatoms. The van der Waals surface area contributed by atoms with Crippen molar-refractivity contribution in [2.75, 3.05) is 6.54 Å². The first-order valence-corrected chi connectivity index (χ1v) is 7.21. The van der Waals surface area contributed by atoms with Gasteiger partial charge in [0.05, 0.1) is 5.52 Å². The molecular weight excluding hydrogens is 332 g/mol. The van der Waals surface area contributed by atoms with E-state index in [4.69, 9.17) is 5.73 Å². The van der Waals surface area contributed by atoms with Crippen molar-refractivity contribution in [1.82, 2.24) is 9.88 Å². The van der Waals surface area contributed by atoms with Crippen molar-refractivity contribution in [2.24, 2.45) is 10.7 Å². The number of hydrogen-bond donors (Lipinski definition) is 1. The molecule has 0 saturated carbocycles. The zero-order valence-electron chi connectivity index (χ0n) is 11.2. The highest BCUT2D eigenvalue weighted by atomic mass is 79.9. The van der Waals surface area contributed by atoms with Crippen LogP contribution in [0, 0.1) is 0 Å². The summed E-state index contributed by atoms with van der Waals surface area (Å²) in [5.74, 6) is 0.288. The first kappa shape index (κ1) is 13.8. The minimum Gasteiger partial charge on any atom is -0.385 e. The minimum absolute atomic E-state index is 0.288. The Balaban J connectivity index is 2.20. The number of amidine groups is 1. The number of carbonyl (C=O) groups is 1. The van der Waals surface area contributed by atoms with Gasteiger partial charge < -0.3 is 10.6 Å². The van der Waals surface area contributed by atoms with Crippen LogP contribution in [0.3, 0.4) is 0 Å². The van der Waals surface area contributed by atoms with E-state index in [9.17, 15) is 4.79 Å². The molecule has 0 aliphatic carbocycles. The van der Waals surface area contributed by atoms with Crippen LogP contribution in [0.5, 0.6) is 0 Å². The molecule has 2 aromatic rings. The van der Waals surface area contributed by atoms with Crippen LogP contribution >= 0.6 is 15.9 Å². The lowest BCUT2D eigenvalue weighted by molar-refractivity contribution is 0.213. The molecule has 0 bridgehead atoms. The Hall–Kier alpha value is -2.21. The highest BCUT2D eigenvalue weighted by molar-refractivity contribution is 9.10. The number of halogens is 1. The fourth-order valence-electron chi connectivity index (χ4n) is 2.54. The van der Waals surface area contributed by atoms with Crippen molar-refractivity contribution in [3.8, 4) is 0 Å². The molecule has 1 aliphatic rings. The van der Waals surface area contributed by atoms with Gasteiger partial charge in [0.1, 0.15) is 11.9 Å². The monoisotopic (exact) mass is 344 g/mol.